The van der Waals surface area contributed by atoms with Crippen LogP contribution in [0.1, 0.15) is 27.2 Å². The van der Waals surface area contributed by atoms with Crippen molar-refractivity contribution in [1.29, 1.82) is 0 Å². The van der Waals surface area contributed by atoms with Gasteiger partial charge in [0.25, 0.3) is 0 Å². The van der Waals surface area contributed by atoms with Crippen molar-refractivity contribution in [2.24, 2.45) is 0 Å². The normalized spacial score (nSPS) is 16.6. The largest absolute Gasteiger partial charge is 0.444 e. The fraction of sp³-hybridized carbons (Fsp3) is 0.600. The Morgan fingerprint density at radius 2 is 2.21 bits per heavy atom. The van der Waals surface area contributed by atoms with Crippen LogP contribution in [-0.4, -0.2) is 58.1 Å². The first kappa shape index (κ1) is 20.3. The zero-order chi connectivity index (χ0) is 18.3. The van der Waals surface area contributed by atoms with Gasteiger partial charge in [-0.3, -0.25) is 4.31 Å². The minimum atomic E-state index is -1.68. The molecule has 0 bridgehead atoms. The maximum Gasteiger partial charge on any atom is 0.410 e. The first-order valence-corrected chi connectivity index (χ1v) is 8.58. The predicted octanol–water partition coefficient (Wildman–Crippen LogP) is 1.66. The number of rotatable bonds is 7. The molecule has 1 amide bonds. The van der Waals surface area contributed by atoms with Gasteiger partial charge < -0.3 is 14.4 Å². The third-order valence-electron chi connectivity index (χ3n) is 2.97. The number of hydrogen-bond donors (Lipinski definition) is 1. The maximum absolute atomic E-state index is 14.1. The average molecular weight is 361 g/mol. The number of nitrogens with one attached hydrogen (secondary N) is 1. The molecule has 0 fully saturated rings. The summed E-state index contributed by atoms with van der Waals surface area (Å²) in [5.41, 5.74) is 0.133. The molecule has 1 N–H and O–H groups in total. The van der Waals surface area contributed by atoms with Crippen molar-refractivity contribution in [2.45, 2.75) is 32.8 Å². The molecule has 0 saturated carbocycles. The highest BCUT2D eigenvalue weighted by atomic mass is 32.2. The van der Waals surface area contributed by atoms with E-state index in [9.17, 15) is 18.2 Å². The second-order valence-electron chi connectivity index (χ2n) is 6.20. The summed E-state index contributed by atoms with van der Waals surface area (Å²) >= 11 is -1.68. The fourth-order valence-corrected chi connectivity index (χ4v) is 2.63. The molecule has 0 aromatic heterocycles. The summed E-state index contributed by atoms with van der Waals surface area (Å²) in [6.07, 6.45) is 2.87. The highest BCUT2D eigenvalue weighted by molar-refractivity contribution is 7.80. The van der Waals surface area contributed by atoms with E-state index in [-0.39, 0.29) is 19.5 Å². The van der Waals surface area contributed by atoms with Crippen LogP contribution < -0.4 is 4.72 Å². The average Bonchev–Trinajstić information content (AvgIpc) is 2.92. The zero-order valence-corrected chi connectivity index (χ0v) is 15.2. The predicted molar refractivity (Wildman–Crippen MR) is 89.7 cm³/mol. The zero-order valence-electron chi connectivity index (χ0n) is 14.4. The third kappa shape index (κ3) is 6.79. The van der Waals surface area contributed by atoms with Crippen LogP contribution >= 0.6 is 0 Å². The third-order valence-corrected chi connectivity index (χ3v) is 4.00. The van der Waals surface area contributed by atoms with Gasteiger partial charge in [0.15, 0.2) is 11.2 Å². The first-order valence-electron chi connectivity index (χ1n) is 7.48. The topological polar surface area (TPSA) is 79.0 Å². The molecule has 1 heterocycles. The number of carbonyl (C=O) groups excluding carboxylic acids is 2. The number of carbonyl (C=O) groups is 2. The number of halogens is 1. The van der Waals surface area contributed by atoms with Gasteiger partial charge in [0.05, 0.1) is 6.54 Å². The van der Waals surface area contributed by atoms with Crippen LogP contribution in [0, 0.1) is 0 Å². The van der Waals surface area contributed by atoms with E-state index in [1.807, 2.05) is 0 Å². The van der Waals surface area contributed by atoms with E-state index < -0.39 is 28.7 Å². The summed E-state index contributed by atoms with van der Waals surface area (Å²) in [4.78, 5) is 24.0. The summed E-state index contributed by atoms with van der Waals surface area (Å²) in [6, 6.07) is 0. The lowest BCUT2D eigenvalue weighted by Crippen LogP contribution is -2.35. The number of allylic oxidation sites excluding steroid dienone is 1. The van der Waals surface area contributed by atoms with Crippen molar-refractivity contribution >= 4 is 23.6 Å². The summed E-state index contributed by atoms with van der Waals surface area (Å²) in [5, 5.41) is 0. The van der Waals surface area contributed by atoms with Crippen molar-refractivity contribution in [3.05, 3.63) is 23.7 Å². The number of hydrogen-bond acceptors (Lipinski definition) is 4. The van der Waals surface area contributed by atoms with E-state index in [0.29, 0.717) is 12.8 Å². The molecule has 1 atom stereocenters. The summed E-state index contributed by atoms with van der Waals surface area (Å²) in [6.45, 7) is 5.78. The Morgan fingerprint density at radius 1 is 1.54 bits per heavy atom. The minimum absolute atomic E-state index is 0.0183. The molecule has 1 rings (SSSR count). The highest BCUT2D eigenvalue weighted by Crippen LogP contribution is 2.21. The Bertz CT molecular complexity index is 557. The molecular weight excluding hydrogens is 337 g/mol. The van der Waals surface area contributed by atoms with Gasteiger partial charge in [-0.2, -0.15) is 0 Å². The molecule has 0 aromatic rings. The van der Waals surface area contributed by atoms with Gasteiger partial charge in [-0.1, -0.05) is 6.08 Å². The lowest BCUT2D eigenvalue weighted by Gasteiger charge is -2.24. The Hall–Kier alpha value is -1.74. The molecule has 1 aliphatic rings. The van der Waals surface area contributed by atoms with E-state index in [0.717, 1.165) is 16.1 Å². The van der Waals surface area contributed by atoms with Crippen LogP contribution in [0.25, 0.3) is 0 Å². The van der Waals surface area contributed by atoms with E-state index in [1.165, 1.54) is 11.9 Å². The van der Waals surface area contributed by atoms with E-state index in [4.69, 9.17) is 4.74 Å². The van der Waals surface area contributed by atoms with Crippen molar-refractivity contribution < 1.29 is 22.9 Å². The van der Waals surface area contributed by atoms with Crippen LogP contribution in [0.2, 0.25) is 0 Å². The molecule has 0 aromatic carbocycles. The standard InChI is InChI=1S/C15H24FN3O4S/c1-15(2,3)23-14(21)18-6-5-12(10-18)9-13(16)11-19(7-8-20)24(22)17-4/h5,8,11,17H,6-7,9-10H2,1-4H3/b13-11-. The van der Waals surface area contributed by atoms with Gasteiger partial charge in [0, 0.05) is 25.7 Å². The van der Waals surface area contributed by atoms with Crippen LogP contribution in [0.3, 0.4) is 0 Å². The Balaban J connectivity index is 2.61. The van der Waals surface area contributed by atoms with Gasteiger partial charge in [0.2, 0.25) is 0 Å². The maximum atomic E-state index is 14.1. The number of amides is 1. The molecule has 9 heteroatoms. The van der Waals surface area contributed by atoms with Crippen LogP contribution in [-0.2, 0) is 20.7 Å². The number of aldehydes is 1. The van der Waals surface area contributed by atoms with Gasteiger partial charge in [-0.15, -0.1) is 0 Å². The SMILES string of the molecule is CNS(=O)N(/C=C(\F)CC1=CCN(C(=O)OC(C)(C)C)C1)CC=O. The lowest BCUT2D eigenvalue weighted by molar-refractivity contribution is -0.107. The Morgan fingerprint density at radius 3 is 2.75 bits per heavy atom. The van der Waals surface area contributed by atoms with Crippen LogP contribution in [0.15, 0.2) is 23.7 Å². The van der Waals surface area contributed by atoms with E-state index in [1.54, 1.807) is 26.8 Å². The van der Waals surface area contributed by atoms with E-state index >= 15 is 0 Å². The van der Waals surface area contributed by atoms with Crippen LogP contribution in [0.4, 0.5) is 9.18 Å². The summed E-state index contributed by atoms with van der Waals surface area (Å²) < 4.78 is 34.5. The van der Waals surface area contributed by atoms with Gasteiger partial charge in [-0.25, -0.2) is 18.1 Å². The van der Waals surface area contributed by atoms with Crippen molar-refractivity contribution in [1.82, 2.24) is 13.9 Å². The summed E-state index contributed by atoms with van der Waals surface area (Å²) in [5.74, 6) is -0.544. The monoisotopic (exact) mass is 361 g/mol. The molecule has 0 saturated heterocycles. The minimum Gasteiger partial charge on any atom is -0.444 e. The smallest absolute Gasteiger partial charge is 0.410 e. The second kappa shape index (κ2) is 8.93. The molecular formula is C15H24FN3O4S. The Kier molecular flexibility index (Phi) is 7.56. The molecule has 0 radical (unpaired) electrons. The van der Waals surface area contributed by atoms with Crippen molar-refractivity contribution in [3.63, 3.8) is 0 Å². The molecule has 24 heavy (non-hydrogen) atoms. The van der Waals surface area contributed by atoms with Gasteiger partial charge >= 0.3 is 6.09 Å². The number of nitrogens with zero attached hydrogens (tertiary/aromatic N) is 2. The highest BCUT2D eigenvalue weighted by Gasteiger charge is 2.25. The lowest BCUT2D eigenvalue weighted by atomic mass is 10.2. The molecule has 7 nitrogen and oxygen atoms in total. The number of ether oxygens (including phenoxy) is 1. The second-order valence-corrected chi connectivity index (χ2v) is 7.57. The fourth-order valence-electron chi connectivity index (χ4n) is 1.98. The quantitative estimate of drug-likeness (QED) is 0.553. The van der Waals surface area contributed by atoms with Crippen molar-refractivity contribution in [3.8, 4) is 0 Å². The Labute approximate surface area is 144 Å². The van der Waals surface area contributed by atoms with Gasteiger partial charge in [0.1, 0.15) is 17.7 Å². The van der Waals surface area contributed by atoms with E-state index in [2.05, 4.69) is 4.72 Å². The molecule has 1 unspecified atom stereocenters. The molecule has 1 aliphatic heterocycles. The molecule has 0 aliphatic carbocycles. The molecule has 136 valence electrons. The van der Waals surface area contributed by atoms with Crippen molar-refractivity contribution in [2.75, 3.05) is 26.7 Å². The summed E-state index contributed by atoms with van der Waals surface area (Å²) in [7, 11) is 1.44. The first-order chi connectivity index (χ1) is 11.2. The molecule has 0 spiro atoms. The van der Waals surface area contributed by atoms with Gasteiger partial charge in [-0.05, 0) is 33.4 Å². The van der Waals surface area contributed by atoms with Crippen LogP contribution in [0.5, 0.6) is 0 Å².